The number of rotatable bonds is 4. The third-order valence-electron chi connectivity index (χ3n) is 2.11. The van der Waals surface area contributed by atoms with Gasteiger partial charge in [0, 0.05) is 5.56 Å². The first kappa shape index (κ1) is 13.2. The van der Waals surface area contributed by atoms with E-state index in [1.807, 2.05) is 0 Å². The lowest BCUT2D eigenvalue weighted by Gasteiger charge is -2.04. The first-order valence-corrected chi connectivity index (χ1v) is 4.70. The Kier molecular flexibility index (Phi) is 3.83. The molecule has 1 aromatic rings. The minimum Gasteiger partial charge on any atom is -0.294 e. The van der Waals surface area contributed by atoms with Crippen molar-refractivity contribution < 1.29 is 22.8 Å². The van der Waals surface area contributed by atoms with Crippen LogP contribution in [0.25, 0.3) is 6.08 Å². The number of alkyl halides is 3. The van der Waals surface area contributed by atoms with Crippen molar-refractivity contribution in [2.24, 2.45) is 0 Å². The summed E-state index contributed by atoms with van der Waals surface area (Å²) in [5.74, 6) is -2.88. The van der Waals surface area contributed by atoms with Gasteiger partial charge in [0.15, 0.2) is 5.78 Å². The molecule has 1 aromatic carbocycles. The number of hydrogen-bond acceptors (Lipinski definition) is 2. The molecule has 0 radical (unpaired) electrons. The number of Topliss-reactive ketones (excluding diaryl/α,β-unsaturated/α-hetero) is 2. The highest BCUT2D eigenvalue weighted by molar-refractivity contribution is 6.09. The van der Waals surface area contributed by atoms with Crippen molar-refractivity contribution in [1.29, 1.82) is 0 Å². The van der Waals surface area contributed by atoms with Gasteiger partial charge in [-0.2, -0.15) is 13.2 Å². The molecule has 0 fully saturated rings. The second-order valence-corrected chi connectivity index (χ2v) is 3.35. The van der Waals surface area contributed by atoms with E-state index in [9.17, 15) is 22.8 Å². The van der Waals surface area contributed by atoms with E-state index >= 15 is 0 Å². The molecule has 0 aromatic heterocycles. The highest BCUT2D eigenvalue weighted by Gasteiger charge is 2.39. The topological polar surface area (TPSA) is 34.1 Å². The maximum atomic E-state index is 11.9. The smallest absolute Gasteiger partial charge is 0.294 e. The Morgan fingerprint density at radius 3 is 2.12 bits per heavy atom. The first-order chi connectivity index (χ1) is 7.84. The lowest BCUT2D eigenvalue weighted by atomic mass is 10.0. The Morgan fingerprint density at radius 2 is 1.71 bits per heavy atom. The van der Waals surface area contributed by atoms with Crippen LogP contribution in [0.2, 0.25) is 0 Å². The van der Waals surface area contributed by atoms with Crippen LogP contribution in [0.4, 0.5) is 13.2 Å². The molecule has 0 aliphatic rings. The Balaban J connectivity index is 2.77. The Bertz CT molecular complexity index is 444. The van der Waals surface area contributed by atoms with Crippen LogP contribution < -0.4 is 0 Å². The molecule has 0 N–H and O–H groups in total. The Morgan fingerprint density at radius 1 is 1.18 bits per heavy atom. The van der Waals surface area contributed by atoms with Crippen molar-refractivity contribution in [3.05, 3.63) is 42.0 Å². The fourth-order valence-electron chi connectivity index (χ4n) is 1.15. The highest BCUT2D eigenvalue weighted by Crippen LogP contribution is 2.19. The summed E-state index contributed by atoms with van der Waals surface area (Å²) in [5, 5.41) is 0. The first-order valence-electron chi connectivity index (χ1n) is 4.70. The van der Waals surface area contributed by atoms with Gasteiger partial charge in [-0.1, -0.05) is 36.9 Å². The van der Waals surface area contributed by atoms with Crippen LogP contribution in [0.3, 0.4) is 0 Å². The molecule has 17 heavy (non-hydrogen) atoms. The molecule has 0 saturated carbocycles. The van der Waals surface area contributed by atoms with Gasteiger partial charge in [-0.25, -0.2) is 0 Å². The summed E-state index contributed by atoms with van der Waals surface area (Å²) in [6, 6.07) is 5.81. The van der Waals surface area contributed by atoms with Gasteiger partial charge in [0.25, 0.3) is 0 Å². The van der Waals surface area contributed by atoms with E-state index in [1.54, 1.807) is 0 Å². The molecule has 2 nitrogen and oxygen atoms in total. The molecular formula is C12H9F3O2. The summed E-state index contributed by atoms with van der Waals surface area (Å²) in [5.41, 5.74) is 0.817. The third-order valence-corrected chi connectivity index (χ3v) is 2.11. The van der Waals surface area contributed by atoms with Crippen LogP contribution >= 0.6 is 0 Å². The van der Waals surface area contributed by atoms with E-state index in [1.165, 1.54) is 30.3 Å². The average Bonchev–Trinajstić information content (AvgIpc) is 2.27. The van der Waals surface area contributed by atoms with Gasteiger partial charge in [-0.3, -0.25) is 9.59 Å². The maximum Gasteiger partial charge on any atom is 0.450 e. The van der Waals surface area contributed by atoms with Crippen LogP contribution in [-0.2, 0) is 4.79 Å². The fraction of sp³-hybridized carbons (Fsp3) is 0.167. The zero-order chi connectivity index (χ0) is 13.1. The third kappa shape index (κ3) is 3.55. The van der Waals surface area contributed by atoms with Crippen molar-refractivity contribution in [2.45, 2.75) is 12.6 Å². The molecule has 0 atom stereocenters. The summed E-state index contributed by atoms with van der Waals surface area (Å²) in [6.45, 7) is 3.50. The van der Waals surface area contributed by atoms with Gasteiger partial charge in [0.2, 0.25) is 5.78 Å². The van der Waals surface area contributed by atoms with Crippen LogP contribution in [-0.4, -0.2) is 17.7 Å². The lowest BCUT2D eigenvalue weighted by Crippen LogP contribution is -2.25. The summed E-state index contributed by atoms with van der Waals surface area (Å²) in [4.78, 5) is 22.0. The van der Waals surface area contributed by atoms with Crippen LogP contribution in [0.1, 0.15) is 22.3 Å². The fourth-order valence-corrected chi connectivity index (χ4v) is 1.15. The zero-order valence-corrected chi connectivity index (χ0v) is 8.75. The van der Waals surface area contributed by atoms with Gasteiger partial charge in [-0.05, 0) is 5.56 Å². The van der Waals surface area contributed by atoms with E-state index < -0.39 is 24.2 Å². The number of halogens is 3. The molecule has 0 spiro atoms. The average molecular weight is 242 g/mol. The molecule has 0 heterocycles. The number of benzene rings is 1. The molecule has 90 valence electrons. The summed E-state index contributed by atoms with van der Waals surface area (Å²) >= 11 is 0. The summed E-state index contributed by atoms with van der Waals surface area (Å²) < 4.78 is 35.8. The van der Waals surface area contributed by atoms with Gasteiger partial charge < -0.3 is 0 Å². The molecular weight excluding hydrogens is 233 g/mol. The zero-order valence-electron chi connectivity index (χ0n) is 8.75. The summed E-state index contributed by atoms with van der Waals surface area (Å²) in [6.07, 6.45) is -4.58. The number of carbonyl (C=O) groups excluding carboxylic acids is 2. The predicted molar refractivity (Wildman–Crippen MR) is 56.5 cm³/mol. The number of hydrogen-bond donors (Lipinski definition) is 0. The van der Waals surface area contributed by atoms with Crippen molar-refractivity contribution in [3.8, 4) is 0 Å². The normalized spacial score (nSPS) is 11.0. The Labute approximate surface area is 95.8 Å². The van der Waals surface area contributed by atoms with Crippen molar-refractivity contribution in [1.82, 2.24) is 0 Å². The SMILES string of the molecule is C=Cc1ccc(C(=O)CC(=O)C(F)(F)F)cc1. The quantitative estimate of drug-likeness (QED) is 0.600. The monoisotopic (exact) mass is 242 g/mol. The predicted octanol–water partition coefficient (Wildman–Crippen LogP) is 3.03. The number of carbonyl (C=O) groups is 2. The lowest BCUT2D eigenvalue weighted by molar-refractivity contribution is -0.170. The molecule has 0 aliphatic heterocycles. The van der Waals surface area contributed by atoms with Gasteiger partial charge in [0.05, 0.1) is 6.42 Å². The molecule has 0 saturated heterocycles. The second-order valence-electron chi connectivity index (χ2n) is 3.35. The standard InChI is InChI=1S/C12H9F3O2/c1-2-8-3-5-9(6-4-8)10(16)7-11(17)12(13,14)15/h2-6H,1,7H2. The largest absolute Gasteiger partial charge is 0.450 e. The van der Waals surface area contributed by atoms with Gasteiger partial charge in [0.1, 0.15) is 0 Å². The molecule has 1 rings (SSSR count). The second kappa shape index (κ2) is 4.95. The summed E-state index contributed by atoms with van der Waals surface area (Å²) in [7, 11) is 0. The van der Waals surface area contributed by atoms with Crippen LogP contribution in [0, 0.1) is 0 Å². The number of ketones is 2. The van der Waals surface area contributed by atoms with Crippen molar-refractivity contribution in [3.63, 3.8) is 0 Å². The van der Waals surface area contributed by atoms with Crippen LogP contribution in [0.5, 0.6) is 0 Å². The van der Waals surface area contributed by atoms with Crippen molar-refractivity contribution in [2.75, 3.05) is 0 Å². The maximum absolute atomic E-state index is 11.9. The van der Waals surface area contributed by atoms with E-state index in [0.717, 1.165) is 5.56 Å². The minimum atomic E-state index is -4.96. The van der Waals surface area contributed by atoms with Crippen LogP contribution in [0.15, 0.2) is 30.8 Å². The van der Waals surface area contributed by atoms with E-state index in [4.69, 9.17) is 0 Å². The molecule has 0 aliphatic carbocycles. The van der Waals surface area contributed by atoms with Crippen molar-refractivity contribution >= 4 is 17.6 Å². The Hall–Kier alpha value is -1.91. The van der Waals surface area contributed by atoms with E-state index in [2.05, 4.69) is 6.58 Å². The molecule has 5 heteroatoms. The minimum absolute atomic E-state index is 0.0770. The molecule has 0 amide bonds. The van der Waals surface area contributed by atoms with E-state index in [-0.39, 0.29) is 5.56 Å². The molecule has 0 unspecified atom stereocenters. The van der Waals surface area contributed by atoms with Gasteiger partial charge >= 0.3 is 6.18 Å². The van der Waals surface area contributed by atoms with Gasteiger partial charge in [-0.15, -0.1) is 0 Å². The molecule has 0 bridgehead atoms. The van der Waals surface area contributed by atoms with E-state index in [0.29, 0.717) is 0 Å². The highest BCUT2D eigenvalue weighted by atomic mass is 19.4.